The molecule has 1 aromatic heterocycles. The first kappa shape index (κ1) is 28.4. The quantitative estimate of drug-likeness (QED) is 0.255. The first-order valence-corrected chi connectivity index (χ1v) is 15.1. The van der Waals surface area contributed by atoms with Crippen LogP contribution in [0.2, 0.25) is 0 Å². The molecule has 0 saturated heterocycles. The number of nitrogens with two attached hydrogens (primary N) is 1. The molecule has 0 bridgehead atoms. The zero-order chi connectivity index (χ0) is 28.5. The molecule has 0 radical (unpaired) electrons. The number of hydrogen-bond donors (Lipinski definition) is 3. The lowest BCUT2D eigenvalue weighted by Gasteiger charge is -2.32. The van der Waals surface area contributed by atoms with E-state index >= 15 is 0 Å². The SMILES string of the molecule is CN(C)CCN(C)c1cc(OC(F)F)c(NC2(c3cn(C)c4cc(P(C)(C)=O)ccc34)C=CNC=N2)cc1N. The fourth-order valence-electron chi connectivity index (χ4n) is 4.59. The topological polar surface area (TPSA) is 100 Å². The molecule has 1 aliphatic heterocycles. The highest BCUT2D eigenvalue weighted by Gasteiger charge is 2.35. The molecule has 2 heterocycles. The van der Waals surface area contributed by atoms with Crippen LogP contribution >= 0.6 is 7.14 Å². The van der Waals surface area contributed by atoms with E-state index in [0.29, 0.717) is 17.9 Å². The van der Waals surface area contributed by atoms with Crippen molar-refractivity contribution < 1.29 is 18.1 Å². The van der Waals surface area contributed by atoms with Gasteiger partial charge in [-0.3, -0.25) is 0 Å². The highest BCUT2D eigenvalue weighted by molar-refractivity contribution is 7.70. The van der Waals surface area contributed by atoms with Crippen molar-refractivity contribution in [1.29, 1.82) is 0 Å². The van der Waals surface area contributed by atoms with Crippen molar-refractivity contribution >= 4 is 46.8 Å². The number of ether oxygens (including phenoxy) is 1. The van der Waals surface area contributed by atoms with E-state index in [0.717, 1.165) is 28.3 Å². The Morgan fingerprint density at radius 1 is 1.21 bits per heavy atom. The highest BCUT2D eigenvalue weighted by atomic mass is 31.2. The molecular weight excluding hydrogens is 523 g/mol. The predicted octanol–water partition coefficient (Wildman–Crippen LogP) is 4.02. The number of halogens is 2. The van der Waals surface area contributed by atoms with Crippen LogP contribution in [-0.2, 0) is 17.3 Å². The number of fused-ring (bicyclic) bond motifs is 1. The number of aromatic nitrogens is 1. The summed E-state index contributed by atoms with van der Waals surface area (Å²) in [5, 5.41) is 7.91. The maximum Gasteiger partial charge on any atom is 0.387 e. The molecule has 1 aliphatic rings. The van der Waals surface area contributed by atoms with Gasteiger partial charge in [0.15, 0.2) is 11.4 Å². The van der Waals surface area contributed by atoms with Gasteiger partial charge in [0.05, 0.1) is 23.4 Å². The summed E-state index contributed by atoms with van der Waals surface area (Å²) < 4.78 is 46.7. The number of aliphatic imine (C=N–C) groups is 1. The third-order valence-corrected chi connectivity index (χ3v) is 8.26. The molecule has 4 N–H and O–H groups in total. The van der Waals surface area contributed by atoms with Gasteiger partial charge in [0.25, 0.3) is 0 Å². The number of anilines is 3. The normalized spacial score (nSPS) is 17.2. The van der Waals surface area contributed by atoms with Gasteiger partial charge in [0.1, 0.15) is 7.14 Å². The molecule has 12 heteroatoms. The van der Waals surface area contributed by atoms with E-state index in [-0.39, 0.29) is 11.4 Å². The molecule has 0 amide bonds. The maximum atomic E-state index is 13.5. The molecule has 1 unspecified atom stereocenters. The molecule has 210 valence electrons. The van der Waals surface area contributed by atoms with Gasteiger partial charge in [0, 0.05) is 67.4 Å². The fraction of sp³-hybridized carbons (Fsp3) is 0.370. The van der Waals surface area contributed by atoms with Crippen molar-refractivity contribution in [1.82, 2.24) is 14.8 Å². The van der Waals surface area contributed by atoms with Crippen LogP contribution in [0, 0.1) is 0 Å². The minimum absolute atomic E-state index is 0.0483. The van der Waals surface area contributed by atoms with E-state index < -0.39 is 19.4 Å². The molecule has 1 atom stereocenters. The minimum atomic E-state index is -3.04. The van der Waals surface area contributed by atoms with E-state index in [1.54, 1.807) is 31.7 Å². The number of likely N-dealkylation sites (N-methyl/N-ethyl adjacent to an activating group) is 2. The molecule has 0 fully saturated rings. The largest absolute Gasteiger partial charge is 0.433 e. The fourth-order valence-corrected chi connectivity index (χ4v) is 5.46. The van der Waals surface area contributed by atoms with E-state index in [9.17, 15) is 13.3 Å². The lowest BCUT2D eigenvalue weighted by molar-refractivity contribution is -0.0493. The number of hydrogen-bond acceptors (Lipinski definition) is 8. The van der Waals surface area contributed by atoms with Gasteiger partial charge >= 0.3 is 6.61 Å². The Labute approximate surface area is 227 Å². The van der Waals surface area contributed by atoms with E-state index in [2.05, 4.69) is 10.6 Å². The smallest absolute Gasteiger partial charge is 0.387 e. The van der Waals surface area contributed by atoms with Gasteiger partial charge in [-0.05, 0) is 45.6 Å². The number of nitrogens with one attached hydrogen (secondary N) is 2. The van der Waals surface area contributed by atoms with Gasteiger partial charge in [-0.2, -0.15) is 8.78 Å². The van der Waals surface area contributed by atoms with Crippen LogP contribution in [0.3, 0.4) is 0 Å². The zero-order valence-corrected chi connectivity index (χ0v) is 24.0. The van der Waals surface area contributed by atoms with Crippen LogP contribution in [0.25, 0.3) is 10.9 Å². The first-order chi connectivity index (χ1) is 18.3. The average molecular weight is 560 g/mol. The Bertz CT molecular complexity index is 1450. The van der Waals surface area contributed by atoms with Crippen molar-refractivity contribution in [2.75, 3.05) is 63.5 Å². The molecule has 2 aromatic carbocycles. The lowest BCUT2D eigenvalue weighted by Crippen LogP contribution is -2.35. The summed E-state index contributed by atoms with van der Waals surface area (Å²) in [6, 6.07) is 8.82. The Hall–Kier alpha value is -3.56. The number of nitrogen functional groups attached to an aromatic ring is 1. The molecule has 39 heavy (non-hydrogen) atoms. The number of rotatable bonds is 10. The van der Waals surface area contributed by atoms with Gasteiger partial charge in [-0.15, -0.1) is 0 Å². The lowest BCUT2D eigenvalue weighted by atomic mass is 9.97. The van der Waals surface area contributed by atoms with Gasteiger partial charge in [0.2, 0.25) is 0 Å². The molecule has 4 rings (SSSR count). The Morgan fingerprint density at radius 3 is 2.56 bits per heavy atom. The van der Waals surface area contributed by atoms with Crippen molar-refractivity contribution in [3.8, 4) is 5.75 Å². The minimum Gasteiger partial charge on any atom is -0.433 e. The summed E-state index contributed by atoms with van der Waals surface area (Å²) in [4.78, 5) is 8.64. The highest BCUT2D eigenvalue weighted by Crippen LogP contribution is 2.43. The monoisotopic (exact) mass is 559 g/mol. The number of nitrogens with zero attached hydrogens (tertiary/aromatic N) is 4. The summed E-state index contributed by atoms with van der Waals surface area (Å²) in [7, 11) is 5.19. The third-order valence-electron chi connectivity index (χ3n) is 6.73. The Morgan fingerprint density at radius 2 is 1.95 bits per heavy atom. The Balaban J connectivity index is 1.82. The molecule has 0 aliphatic carbocycles. The van der Waals surface area contributed by atoms with Crippen molar-refractivity contribution in [2.24, 2.45) is 12.0 Å². The van der Waals surface area contributed by atoms with Crippen molar-refractivity contribution in [3.05, 3.63) is 54.4 Å². The Kier molecular flexibility index (Phi) is 7.95. The average Bonchev–Trinajstić information content (AvgIpc) is 3.20. The predicted molar refractivity (Wildman–Crippen MR) is 157 cm³/mol. The van der Waals surface area contributed by atoms with Gasteiger partial charge < -0.3 is 40.0 Å². The van der Waals surface area contributed by atoms with Crippen LogP contribution < -0.4 is 31.3 Å². The number of aryl methyl sites for hydroxylation is 1. The second-order valence-electron chi connectivity index (χ2n) is 10.4. The molecule has 3 aromatic rings. The van der Waals surface area contributed by atoms with Crippen LogP contribution in [0.1, 0.15) is 5.56 Å². The van der Waals surface area contributed by atoms with Crippen LogP contribution in [-0.4, -0.2) is 70.0 Å². The summed E-state index contributed by atoms with van der Waals surface area (Å²) in [5.74, 6) is -0.0483. The summed E-state index contributed by atoms with van der Waals surface area (Å²) >= 11 is 0. The maximum absolute atomic E-state index is 13.5. The van der Waals surface area contributed by atoms with Crippen LogP contribution in [0.4, 0.5) is 25.8 Å². The summed E-state index contributed by atoms with van der Waals surface area (Å²) in [6.07, 6.45) is 6.98. The molecule has 0 saturated carbocycles. The number of alkyl halides is 2. The van der Waals surface area contributed by atoms with E-state index in [1.165, 1.54) is 12.4 Å². The second-order valence-corrected chi connectivity index (χ2v) is 13.6. The van der Waals surface area contributed by atoms with Gasteiger partial charge in [-0.25, -0.2) is 4.99 Å². The molecule has 9 nitrogen and oxygen atoms in total. The van der Waals surface area contributed by atoms with E-state index in [4.69, 9.17) is 15.5 Å². The summed E-state index contributed by atoms with van der Waals surface area (Å²) in [5.41, 5.74) is 8.16. The third kappa shape index (κ3) is 6.04. The van der Waals surface area contributed by atoms with Crippen LogP contribution in [0.15, 0.2) is 53.8 Å². The second kappa shape index (κ2) is 10.9. The zero-order valence-electron chi connectivity index (χ0n) is 23.1. The molecule has 0 spiro atoms. The van der Waals surface area contributed by atoms with Gasteiger partial charge in [-0.1, -0.05) is 12.1 Å². The van der Waals surface area contributed by atoms with Crippen molar-refractivity contribution in [2.45, 2.75) is 12.3 Å². The first-order valence-electron chi connectivity index (χ1n) is 12.5. The number of benzene rings is 2. The van der Waals surface area contributed by atoms with E-state index in [1.807, 2.05) is 67.0 Å². The van der Waals surface area contributed by atoms with Crippen LogP contribution in [0.5, 0.6) is 5.75 Å². The molecular formula is C27H36F2N7O2P. The standard InChI is InChI=1S/C27H36F2N7O2P/c1-34(2)11-12-35(3)24-15-25(38-26(28)29)22(14-21(24)30)33-27(9-10-31-17-32-27)20-16-36(4)23-13-18(39(5,6)37)7-8-19(20)23/h7-10,13-17,26,33H,11-12,30H2,1-6H3,(H,31,32). The summed E-state index contributed by atoms with van der Waals surface area (Å²) in [6.45, 7) is 1.83. The van der Waals surface area contributed by atoms with Crippen molar-refractivity contribution in [3.63, 3.8) is 0 Å².